The molecule has 1 aromatic heterocycles. The SMILES string of the molecule is COc1ccc(Cn2c(=O)c(C(=O)[O-])nc3cc(-c4ccc(OC(F)(F)F)cc4)ccc32)c(OC)c1. The largest absolute Gasteiger partial charge is 0.573 e. The van der Waals surface area contributed by atoms with Crippen LogP contribution in [0.1, 0.15) is 16.1 Å². The molecule has 0 aliphatic rings. The summed E-state index contributed by atoms with van der Waals surface area (Å²) < 4.78 is 53.0. The number of aromatic nitrogens is 2. The van der Waals surface area contributed by atoms with Crippen molar-refractivity contribution in [3.8, 4) is 28.4 Å². The number of carboxylic acid groups (broad SMARTS) is 1. The van der Waals surface area contributed by atoms with E-state index >= 15 is 0 Å². The van der Waals surface area contributed by atoms with Crippen molar-refractivity contribution in [1.82, 2.24) is 9.55 Å². The summed E-state index contributed by atoms with van der Waals surface area (Å²) in [4.78, 5) is 28.6. The average Bonchev–Trinajstić information content (AvgIpc) is 2.84. The smallest absolute Gasteiger partial charge is 0.543 e. The number of nitrogens with zero attached hydrogens (tertiary/aromatic N) is 2. The number of rotatable bonds is 7. The number of carbonyl (C=O) groups is 1. The Morgan fingerprint density at radius 1 is 0.944 bits per heavy atom. The van der Waals surface area contributed by atoms with Crippen LogP contribution in [0.15, 0.2) is 65.5 Å². The lowest BCUT2D eigenvalue weighted by molar-refractivity contribution is -0.274. The molecule has 0 saturated heterocycles. The number of carboxylic acids is 1. The highest BCUT2D eigenvalue weighted by atomic mass is 19.4. The van der Waals surface area contributed by atoms with Gasteiger partial charge in [0.15, 0.2) is 5.69 Å². The maximum Gasteiger partial charge on any atom is 0.573 e. The molecule has 4 aromatic rings. The lowest BCUT2D eigenvalue weighted by atomic mass is 10.0. The van der Waals surface area contributed by atoms with Gasteiger partial charge < -0.3 is 28.7 Å². The van der Waals surface area contributed by atoms with E-state index in [1.807, 2.05) is 0 Å². The van der Waals surface area contributed by atoms with Crippen molar-refractivity contribution in [1.29, 1.82) is 0 Å². The molecule has 3 aromatic carbocycles. The molecular formula is C25H18F3N2O6-. The lowest BCUT2D eigenvalue weighted by Crippen LogP contribution is -2.35. The summed E-state index contributed by atoms with van der Waals surface area (Å²) in [6, 6.07) is 14.9. The summed E-state index contributed by atoms with van der Waals surface area (Å²) in [6.45, 7) is -0.0336. The van der Waals surface area contributed by atoms with E-state index < -0.39 is 23.6 Å². The van der Waals surface area contributed by atoms with Crippen molar-refractivity contribution in [2.24, 2.45) is 0 Å². The van der Waals surface area contributed by atoms with Crippen LogP contribution in [0.2, 0.25) is 0 Å². The summed E-state index contributed by atoms with van der Waals surface area (Å²) >= 11 is 0. The fourth-order valence-electron chi connectivity index (χ4n) is 3.72. The highest BCUT2D eigenvalue weighted by Crippen LogP contribution is 2.29. The van der Waals surface area contributed by atoms with Crippen molar-refractivity contribution in [2.45, 2.75) is 12.9 Å². The molecule has 0 fully saturated rings. The van der Waals surface area contributed by atoms with E-state index in [0.717, 1.165) is 12.1 Å². The number of hydrogen-bond acceptors (Lipinski definition) is 7. The molecule has 8 nitrogen and oxygen atoms in total. The van der Waals surface area contributed by atoms with Crippen molar-refractivity contribution in [2.75, 3.05) is 14.2 Å². The van der Waals surface area contributed by atoms with Gasteiger partial charge in [-0.25, -0.2) is 4.98 Å². The van der Waals surface area contributed by atoms with E-state index in [1.54, 1.807) is 30.3 Å². The van der Waals surface area contributed by atoms with Crippen LogP contribution >= 0.6 is 0 Å². The van der Waals surface area contributed by atoms with Crippen LogP contribution in [-0.2, 0) is 6.54 Å². The Bertz CT molecular complexity index is 1500. The molecule has 186 valence electrons. The first-order chi connectivity index (χ1) is 17.1. The Balaban J connectivity index is 1.80. The molecule has 0 atom stereocenters. The highest BCUT2D eigenvalue weighted by molar-refractivity contribution is 5.88. The minimum Gasteiger partial charge on any atom is -0.543 e. The third-order valence-corrected chi connectivity index (χ3v) is 5.38. The predicted molar refractivity (Wildman–Crippen MR) is 121 cm³/mol. The van der Waals surface area contributed by atoms with Gasteiger partial charge in [-0.3, -0.25) is 4.79 Å². The van der Waals surface area contributed by atoms with Crippen LogP contribution in [0.3, 0.4) is 0 Å². The Labute approximate surface area is 202 Å². The molecular weight excluding hydrogens is 481 g/mol. The quantitative estimate of drug-likeness (QED) is 0.384. The van der Waals surface area contributed by atoms with E-state index in [0.29, 0.717) is 33.7 Å². The van der Waals surface area contributed by atoms with Crippen LogP contribution in [0.4, 0.5) is 13.2 Å². The number of methoxy groups -OCH3 is 2. The number of carbonyl (C=O) groups excluding carboxylic acids is 1. The van der Waals surface area contributed by atoms with Gasteiger partial charge >= 0.3 is 6.36 Å². The number of aromatic carboxylic acids is 1. The molecule has 36 heavy (non-hydrogen) atoms. The summed E-state index contributed by atoms with van der Waals surface area (Å²) in [5.41, 5.74) is 0.519. The summed E-state index contributed by atoms with van der Waals surface area (Å²) in [5.74, 6) is -1.16. The first kappa shape index (κ1) is 24.6. The standard InChI is InChI=1S/C25H19F3N2O6/c1-34-18-9-5-16(21(12-18)35-2)13-30-20-10-6-15(11-19(20)29-22(23(30)31)24(32)33)14-3-7-17(8-4-14)36-25(26,27)28/h3-12H,13H2,1-2H3,(H,32,33)/p-1. The molecule has 0 bridgehead atoms. The van der Waals surface area contributed by atoms with Crippen LogP contribution in [0.25, 0.3) is 22.2 Å². The van der Waals surface area contributed by atoms with E-state index in [1.165, 1.54) is 37.0 Å². The minimum absolute atomic E-state index is 0.0336. The van der Waals surface area contributed by atoms with Crippen LogP contribution < -0.4 is 24.9 Å². The molecule has 11 heteroatoms. The topological polar surface area (TPSA) is 103 Å². The number of fused-ring (bicyclic) bond motifs is 1. The Hall–Kier alpha value is -4.54. The maximum absolute atomic E-state index is 13.0. The number of hydrogen-bond donors (Lipinski definition) is 0. The van der Waals surface area contributed by atoms with Crippen molar-refractivity contribution >= 4 is 17.0 Å². The van der Waals surface area contributed by atoms with Gasteiger partial charge in [-0.15, -0.1) is 13.2 Å². The van der Waals surface area contributed by atoms with Gasteiger partial charge in [0.05, 0.1) is 37.8 Å². The zero-order valence-corrected chi connectivity index (χ0v) is 19.0. The predicted octanol–water partition coefficient (Wildman–Crippen LogP) is 3.39. The molecule has 0 aliphatic carbocycles. The average molecular weight is 499 g/mol. The van der Waals surface area contributed by atoms with Crippen LogP contribution in [0, 0.1) is 0 Å². The third kappa shape index (κ3) is 5.09. The Morgan fingerprint density at radius 2 is 1.61 bits per heavy atom. The Morgan fingerprint density at radius 3 is 2.22 bits per heavy atom. The first-order valence-electron chi connectivity index (χ1n) is 10.4. The van der Waals surface area contributed by atoms with E-state index in [-0.39, 0.29) is 17.8 Å². The van der Waals surface area contributed by atoms with Gasteiger partial charge in [-0.05, 0) is 47.5 Å². The second kappa shape index (κ2) is 9.61. The lowest BCUT2D eigenvalue weighted by Gasteiger charge is -2.16. The van der Waals surface area contributed by atoms with Crippen molar-refractivity contribution in [3.05, 3.63) is 82.3 Å². The van der Waals surface area contributed by atoms with Crippen molar-refractivity contribution in [3.63, 3.8) is 0 Å². The molecule has 0 N–H and O–H groups in total. The van der Waals surface area contributed by atoms with Gasteiger partial charge in [0, 0.05) is 11.6 Å². The molecule has 0 unspecified atom stereocenters. The Kier molecular flexibility index (Phi) is 6.56. The molecule has 0 aliphatic heterocycles. The summed E-state index contributed by atoms with van der Waals surface area (Å²) in [5, 5.41) is 11.6. The molecule has 0 radical (unpaired) electrons. The number of benzene rings is 3. The first-order valence-corrected chi connectivity index (χ1v) is 10.4. The summed E-state index contributed by atoms with van der Waals surface area (Å²) in [7, 11) is 2.95. The molecule has 0 amide bonds. The van der Waals surface area contributed by atoms with E-state index in [9.17, 15) is 27.9 Å². The third-order valence-electron chi connectivity index (χ3n) is 5.38. The minimum atomic E-state index is -4.81. The van der Waals surface area contributed by atoms with Gasteiger partial charge in [0.2, 0.25) is 0 Å². The number of halogens is 3. The molecule has 1 heterocycles. The molecule has 4 rings (SSSR count). The monoisotopic (exact) mass is 499 g/mol. The highest BCUT2D eigenvalue weighted by Gasteiger charge is 2.31. The van der Waals surface area contributed by atoms with Crippen LogP contribution in [0.5, 0.6) is 17.2 Å². The van der Waals surface area contributed by atoms with Gasteiger partial charge in [-0.1, -0.05) is 18.2 Å². The van der Waals surface area contributed by atoms with Gasteiger partial charge in [0.1, 0.15) is 17.2 Å². The maximum atomic E-state index is 13.0. The number of ether oxygens (including phenoxy) is 3. The van der Waals surface area contributed by atoms with E-state index in [4.69, 9.17) is 9.47 Å². The van der Waals surface area contributed by atoms with Gasteiger partial charge in [0.25, 0.3) is 5.56 Å². The second-order valence-electron chi connectivity index (χ2n) is 7.59. The zero-order chi connectivity index (χ0) is 26.0. The fraction of sp³-hybridized carbons (Fsp3) is 0.160. The molecule has 0 saturated carbocycles. The fourth-order valence-corrected chi connectivity index (χ4v) is 3.72. The number of alkyl halides is 3. The van der Waals surface area contributed by atoms with Gasteiger partial charge in [-0.2, -0.15) is 0 Å². The van der Waals surface area contributed by atoms with Crippen molar-refractivity contribution < 1.29 is 37.3 Å². The van der Waals surface area contributed by atoms with Crippen LogP contribution in [-0.4, -0.2) is 36.1 Å². The van der Waals surface area contributed by atoms with E-state index in [2.05, 4.69) is 9.72 Å². The summed E-state index contributed by atoms with van der Waals surface area (Å²) in [6.07, 6.45) is -4.81. The molecule has 0 spiro atoms. The normalized spacial score (nSPS) is 11.4. The second-order valence-corrected chi connectivity index (χ2v) is 7.59. The zero-order valence-electron chi connectivity index (χ0n) is 19.0.